The Morgan fingerprint density at radius 1 is 1.35 bits per heavy atom. The molecule has 0 saturated heterocycles. The molecule has 1 heterocycles. The Labute approximate surface area is 105 Å². The van der Waals surface area contributed by atoms with Crippen molar-refractivity contribution in [2.24, 2.45) is 0 Å². The second kappa shape index (κ2) is 4.95. The lowest BCUT2D eigenvalue weighted by atomic mass is 10.6. The van der Waals surface area contributed by atoms with Gasteiger partial charge in [0.1, 0.15) is 5.82 Å². The Hall–Kier alpha value is -0.600. The molecule has 0 aliphatic heterocycles. The van der Waals surface area contributed by atoms with Crippen LogP contribution < -0.4 is 0 Å². The fraction of sp³-hybridized carbons (Fsp3) is 0.625. The van der Waals surface area contributed by atoms with Gasteiger partial charge in [-0.2, -0.15) is 0 Å². The van der Waals surface area contributed by atoms with Crippen LogP contribution in [0.2, 0.25) is 0 Å². The minimum absolute atomic E-state index is 0.0531. The first-order valence-electron chi connectivity index (χ1n) is 4.84. The SMILES string of the molecule is CCS(=O)(=O)CCn1cc(S(=O)(=O)Cl)nc1C. The van der Waals surface area contributed by atoms with Crippen molar-refractivity contribution in [1.29, 1.82) is 0 Å². The molecule has 1 aromatic heterocycles. The normalized spacial score (nSPS) is 12.9. The second-order valence-corrected chi connectivity index (χ2v) is 8.48. The fourth-order valence-corrected chi connectivity index (χ4v) is 2.69. The topological polar surface area (TPSA) is 86.1 Å². The summed E-state index contributed by atoms with van der Waals surface area (Å²) >= 11 is 0. The molecule has 0 saturated carbocycles. The number of nitrogens with zero attached hydrogens (tertiary/aromatic N) is 2. The lowest BCUT2D eigenvalue weighted by Gasteiger charge is -2.04. The summed E-state index contributed by atoms with van der Waals surface area (Å²) in [7, 11) is -1.83. The van der Waals surface area contributed by atoms with E-state index in [2.05, 4.69) is 4.98 Å². The van der Waals surface area contributed by atoms with Crippen LogP contribution in [-0.2, 0) is 25.4 Å². The highest BCUT2D eigenvalue weighted by molar-refractivity contribution is 8.13. The van der Waals surface area contributed by atoms with Crippen molar-refractivity contribution in [3.05, 3.63) is 12.0 Å². The van der Waals surface area contributed by atoms with Crippen LogP contribution in [0.1, 0.15) is 12.7 Å². The molecule has 0 aliphatic carbocycles. The van der Waals surface area contributed by atoms with Crippen LogP contribution in [-0.4, -0.2) is 37.9 Å². The van der Waals surface area contributed by atoms with Crippen LogP contribution in [0.5, 0.6) is 0 Å². The van der Waals surface area contributed by atoms with Crippen molar-refractivity contribution in [1.82, 2.24) is 9.55 Å². The first-order chi connectivity index (χ1) is 7.65. The molecule has 9 heteroatoms. The number of sulfone groups is 1. The molecule has 0 N–H and O–H groups in total. The third-order valence-electron chi connectivity index (χ3n) is 2.29. The number of hydrogen-bond donors (Lipinski definition) is 0. The van der Waals surface area contributed by atoms with Crippen molar-refractivity contribution in [2.75, 3.05) is 11.5 Å². The van der Waals surface area contributed by atoms with Gasteiger partial charge in [-0.1, -0.05) is 6.92 Å². The fourth-order valence-electron chi connectivity index (χ4n) is 1.20. The first-order valence-corrected chi connectivity index (χ1v) is 8.97. The Morgan fingerprint density at radius 2 is 1.94 bits per heavy atom. The molecule has 0 aromatic carbocycles. The van der Waals surface area contributed by atoms with E-state index in [4.69, 9.17) is 10.7 Å². The smallest absolute Gasteiger partial charge is 0.280 e. The minimum Gasteiger partial charge on any atom is -0.333 e. The Kier molecular flexibility index (Phi) is 4.21. The van der Waals surface area contributed by atoms with E-state index in [-0.39, 0.29) is 23.1 Å². The van der Waals surface area contributed by atoms with E-state index in [1.807, 2.05) is 0 Å². The molecule has 17 heavy (non-hydrogen) atoms. The van der Waals surface area contributed by atoms with Crippen LogP contribution >= 0.6 is 10.7 Å². The zero-order valence-electron chi connectivity index (χ0n) is 9.42. The third-order valence-corrected chi connectivity index (χ3v) is 5.14. The van der Waals surface area contributed by atoms with E-state index in [9.17, 15) is 16.8 Å². The monoisotopic (exact) mass is 300 g/mol. The van der Waals surface area contributed by atoms with Crippen LogP contribution in [0.15, 0.2) is 11.2 Å². The molecule has 0 radical (unpaired) electrons. The lowest BCUT2D eigenvalue weighted by Crippen LogP contribution is -2.14. The predicted molar refractivity (Wildman–Crippen MR) is 64.3 cm³/mol. The van der Waals surface area contributed by atoms with Gasteiger partial charge < -0.3 is 4.57 Å². The molecule has 0 aliphatic rings. The summed E-state index contributed by atoms with van der Waals surface area (Å²) in [5.74, 6) is 0.416. The van der Waals surface area contributed by atoms with Gasteiger partial charge in [-0.05, 0) is 6.92 Å². The van der Waals surface area contributed by atoms with Gasteiger partial charge in [0.15, 0.2) is 14.9 Å². The number of aromatic nitrogens is 2. The van der Waals surface area contributed by atoms with Gasteiger partial charge in [0.2, 0.25) is 0 Å². The third kappa shape index (κ3) is 3.97. The number of rotatable bonds is 5. The highest BCUT2D eigenvalue weighted by Gasteiger charge is 2.17. The van der Waals surface area contributed by atoms with E-state index in [1.165, 1.54) is 10.8 Å². The molecule has 98 valence electrons. The summed E-state index contributed by atoms with van der Waals surface area (Å²) in [6, 6.07) is 0. The van der Waals surface area contributed by atoms with Gasteiger partial charge in [0.25, 0.3) is 9.05 Å². The maximum absolute atomic E-state index is 11.3. The molecule has 0 amide bonds. The van der Waals surface area contributed by atoms with E-state index >= 15 is 0 Å². The quantitative estimate of drug-likeness (QED) is 0.741. The zero-order valence-corrected chi connectivity index (χ0v) is 11.8. The van der Waals surface area contributed by atoms with E-state index in [0.29, 0.717) is 5.82 Å². The lowest BCUT2D eigenvalue weighted by molar-refractivity contribution is 0.588. The van der Waals surface area contributed by atoms with Gasteiger partial charge in [0, 0.05) is 29.2 Å². The maximum Gasteiger partial charge on any atom is 0.280 e. The predicted octanol–water partition coefficient (Wildman–Crippen LogP) is 0.554. The van der Waals surface area contributed by atoms with E-state index in [0.717, 1.165) is 0 Å². The van der Waals surface area contributed by atoms with E-state index in [1.54, 1.807) is 13.8 Å². The molecule has 0 unspecified atom stereocenters. The van der Waals surface area contributed by atoms with Gasteiger partial charge in [0.05, 0.1) is 5.75 Å². The standard InChI is InChI=1S/C8H13ClN2O4S2/c1-3-16(12,13)5-4-11-6-8(10-7(11)2)17(9,14)15/h6H,3-5H2,1-2H3. The number of halogens is 1. The molecule has 1 rings (SSSR count). The molecule has 0 bridgehead atoms. The molecular formula is C8H13ClN2O4S2. The summed E-state index contributed by atoms with van der Waals surface area (Å²) in [5.41, 5.74) is 0. The Morgan fingerprint density at radius 3 is 2.35 bits per heavy atom. The van der Waals surface area contributed by atoms with Crippen molar-refractivity contribution in [3.63, 3.8) is 0 Å². The van der Waals surface area contributed by atoms with Gasteiger partial charge in [-0.25, -0.2) is 21.8 Å². The van der Waals surface area contributed by atoms with Crippen molar-refractivity contribution in [2.45, 2.75) is 25.4 Å². The highest BCUT2D eigenvalue weighted by Crippen LogP contribution is 2.14. The maximum atomic E-state index is 11.3. The highest BCUT2D eigenvalue weighted by atomic mass is 35.7. The molecule has 0 atom stereocenters. The van der Waals surface area contributed by atoms with Crippen molar-refractivity contribution >= 4 is 29.6 Å². The number of aryl methyl sites for hydroxylation is 2. The van der Waals surface area contributed by atoms with Crippen LogP contribution in [0, 0.1) is 6.92 Å². The average molecular weight is 301 g/mol. The van der Waals surface area contributed by atoms with Gasteiger partial charge in [-0.15, -0.1) is 0 Å². The summed E-state index contributed by atoms with van der Waals surface area (Å²) in [4.78, 5) is 3.76. The van der Waals surface area contributed by atoms with Crippen molar-refractivity contribution < 1.29 is 16.8 Å². The summed E-state index contributed by atoms with van der Waals surface area (Å²) in [6.45, 7) is 3.32. The van der Waals surface area contributed by atoms with Crippen molar-refractivity contribution in [3.8, 4) is 0 Å². The van der Waals surface area contributed by atoms with Crippen LogP contribution in [0.25, 0.3) is 0 Å². The largest absolute Gasteiger partial charge is 0.333 e. The zero-order chi connectivity index (χ0) is 13.3. The minimum atomic E-state index is -3.87. The first kappa shape index (κ1) is 14.5. The summed E-state index contributed by atoms with van der Waals surface area (Å²) < 4.78 is 46.1. The Bertz CT molecular complexity index is 603. The van der Waals surface area contributed by atoms with Gasteiger partial charge >= 0.3 is 0 Å². The van der Waals surface area contributed by atoms with Gasteiger partial charge in [-0.3, -0.25) is 0 Å². The molecule has 6 nitrogen and oxygen atoms in total. The van der Waals surface area contributed by atoms with E-state index < -0.39 is 18.9 Å². The summed E-state index contributed by atoms with van der Waals surface area (Å²) in [6.07, 6.45) is 1.24. The molecule has 1 aromatic rings. The molecule has 0 spiro atoms. The van der Waals surface area contributed by atoms with Crippen LogP contribution in [0.3, 0.4) is 0 Å². The average Bonchev–Trinajstić information content (AvgIpc) is 2.57. The molecule has 0 fully saturated rings. The summed E-state index contributed by atoms with van der Waals surface area (Å²) in [5, 5.41) is -0.259. The number of hydrogen-bond acceptors (Lipinski definition) is 5. The second-order valence-electron chi connectivity index (χ2n) is 3.49. The Balaban J connectivity index is 2.91. The van der Waals surface area contributed by atoms with Crippen LogP contribution in [0.4, 0.5) is 0 Å². The molecular weight excluding hydrogens is 288 g/mol. The number of imidazole rings is 1.